The zero-order chi connectivity index (χ0) is 19.4. The largest absolute Gasteiger partial charge is 0.507 e. The third-order valence-corrected chi connectivity index (χ3v) is 4.09. The monoisotopic (exact) mass is 350 g/mol. The molecule has 2 aromatic rings. The van der Waals surface area contributed by atoms with Crippen LogP contribution in [0.25, 0.3) is 11.5 Å². The van der Waals surface area contributed by atoms with Crippen LogP contribution >= 0.6 is 0 Å². The predicted octanol–water partition coefficient (Wildman–Crippen LogP) is 4.56. The average Bonchev–Trinajstić information content (AvgIpc) is 2.54. The van der Waals surface area contributed by atoms with Gasteiger partial charge in [-0.05, 0) is 38.8 Å². The first-order valence-electron chi connectivity index (χ1n) is 8.24. The molecule has 0 unspecified atom stereocenters. The molecule has 134 valence electrons. The molecular weight excluding hydrogens is 328 g/mol. The summed E-state index contributed by atoms with van der Waals surface area (Å²) in [4.78, 5) is 24.1. The van der Waals surface area contributed by atoms with E-state index < -0.39 is 11.6 Å². The lowest BCUT2D eigenvalue weighted by molar-refractivity contribution is -0.130. The van der Waals surface area contributed by atoms with Gasteiger partial charge in [0.05, 0.1) is 0 Å². The van der Waals surface area contributed by atoms with Gasteiger partial charge >= 0.3 is 0 Å². The molecule has 2 aromatic carbocycles. The summed E-state index contributed by atoms with van der Waals surface area (Å²) in [7, 11) is 0. The SMILES string of the molecule is Cc1ccc(/C(O)=C/C(=O)C(=O)/C=C(\O)c2ccc(C)cc2C)c(C)c1. The lowest BCUT2D eigenvalue weighted by Gasteiger charge is -2.06. The molecule has 26 heavy (non-hydrogen) atoms. The summed E-state index contributed by atoms with van der Waals surface area (Å²) >= 11 is 0. The van der Waals surface area contributed by atoms with Gasteiger partial charge in [-0.1, -0.05) is 47.5 Å². The van der Waals surface area contributed by atoms with Crippen LogP contribution in [-0.4, -0.2) is 21.8 Å². The van der Waals surface area contributed by atoms with Gasteiger partial charge in [0.2, 0.25) is 11.6 Å². The van der Waals surface area contributed by atoms with Crippen molar-refractivity contribution >= 4 is 23.1 Å². The molecule has 0 aliphatic heterocycles. The van der Waals surface area contributed by atoms with E-state index in [4.69, 9.17) is 0 Å². The number of carbonyl (C=O) groups excluding carboxylic acids is 2. The molecule has 0 saturated carbocycles. The van der Waals surface area contributed by atoms with Crippen LogP contribution in [0.3, 0.4) is 0 Å². The molecule has 4 heteroatoms. The van der Waals surface area contributed by atoms with E-state index in [9.17, 15) is 19.8 Å². The minimum Gasteiger partial charge on any atom is -0.507 e. The molecule has 2 rings (SSSR count). The van der Waals surface area contributed by atoms with Crippen molar-refractivity contribution in [2.45, 2.75) is 27.7 Å². The van der Waals surface area contributed by atoms with Crippen molar-refractivity contribution in [3.05, 3.63) is 81.9 Å². The molecule has 0 atom stereocenters. The lowest BCUT2D eigenvalue weighted by Crippen LogP contribution is -2.09. The number of aliphatic hydroxyl groups is 2. The maximum absolute atomic E-state index is 12.1. The van der Waals surface area contributed by atoms with Crippen LogP contribution < -0.4 is 0 Å². The van der Waals surface area contributed by atoms with Crippen LogP contribution in [-0.2, 0) is 9.59 Å². The number of carbonyl (C=O) groups is 2. The molecule has 0 saturated heterocycles. The highest BCUT2D eigenvalue weighted by atomic mass is 16.3. The van der Waals surface area contributed by atoms with Crippen molar-refractivity contribution in [1.82, 2.24) is 0 Å². The summed E-state index contributed by atoms with van der Waals surface area (Å²) < 4.78 is 0. The first-order valence-corrected chi connectivity index (χ1v) is 8.24. The van der Waals surface area contributed by atoms with Gasteiger partial charge < -0.3 is 10.2 Å². The maximum atomic E-state index is 12.1. The molecule has 0 aliphatic carbocycles. The fraction of sp³-hybridized carbons (Fsp3) is 0.182. The lowest BCUT2D eigenvalue weighted by atomic mass is 10.0. The van der Waals surface area contributed by atoms with Gasteiger partial charge in [0.25, 0.3) is 0 Å². The second-order valence-corrected chi connectivity index (χ2v) is 6.42. The molecule has 0 fully saturated rings. The molecule has 4 nitrogen and oxygen atoms in total. The van der Waals surface area contributed by atoms with Crippen LogP contribution in [0.15, 0.2) is 48.6 Å². The second kappa shape index (κ2) is 7.83. The van der Waals surface area contributed by atoms with Gasteiger partial charge in [0, 0.05) is 23.3 Å². The highest BCUT2D eigenvalue weighted by molar-refractivity contribution is 6.47. The van der Waals surface area contributed by atoms with E-state index in [2.05, 4.69) is 0 Å². The van der Waals surface area contributed by atoms with Crippen LogP contribution in [0.1, 0.15) is 33.4 Å². The fourth-order valence-electron chi connectivity index (χ4n) is 2.75. The Balaban J connectivity index is 2.24. The van der Waals surface area contributed by atoms with Gasteiger partial charge in [0.1, 0.15) is 11.5 Å². The number of hydrogen-bond acceptors (Lipinski definition) is 4. The summed E-state index contributed by atoms with van der Waals surface area (Å²) in [6.07, 6.45) is 1.76. The standard InChI is InChI=1S/C22H22O4/c1-13-5-7-17(15(3)9-13)19(23)11-21(25)22(26)12-20(24)18-8-6-14(2)10-16(18)4/h5-12,23-24H,1-4H3/b19-11-,20-12-. The van der Waals surface area contributed by atoms with Crippen LogP contribution in [0.2, 0.25) is 0 Å². The number of benzene rings is 2. The molecular formula is C22H22O4. The molecule has 0 heterocycles. The summed E-state index contributed by atoms with van der Waals surface area (Å²) in [5, 5.41) is 20.3. The first kappa shape index (κ1) is 19.2. The summed E-state index contributed by atoms with van der Waals surface area (Å²) in [6.45, 7) is 7.47. The van der Waals surface area contributed by atoms with Gasteiger partial charge in [-0.15, -0.1) is 0 Å². The summed E-state index contributed by atoms with van der Waals surface area (Å²) in [5.74, 6) is -2.36. The number of rotatable bonds is 5. The highest BCUT2D eigenvalue weighted by Gasteiger charge is 2.14. The van der Waals surface area contributed by atoms with Crippen LogP contribution in [0.4, 0.5) is 0 Å². The van der Waals surface area contributed by atoms with E-state index >= 15 is 0 Å². The second-order valence-electron chi connectivity index (χ2n) is 6.42. The molecule has 0 radical (unpaired) electrons. The van der Waals surface area contributed by atoms with Crippen molar-refractivity contribution in [2.24, 2.45) is 0 Å². The predicted molar refractivity (Wildman–Crippen MR) is 103 cm³/mol. The smallest absolute Gasteiger partial charge is 0.229 e. The van der Waals surface area contributed by atoms with Crippen molar-refractivity contribution in [3.8, 4) is 0 Å². The fourth-order valence-corrected chi connectivity index (χ4v) is 2.75. The third-order valence-electron chi connectivity index (χ3n) is 4.09. The number of aryl methyl sites for hydroxylation is 4. The Morgan fingerprint density at radius 3 is 1.35 bits per heavy atom. The van der Waals surface area contributed by atoms with Crippen LogP contribution in [0.5, 0.6) is 0 Å². The van der Waals surface area contributed by atoms with Gasteiger partial charge in [-0.2, -0.15) is 0 Å². The van der Waals surface area contributed by atoms with E-state index in [1.165, 1.54) is 0 Å². The van der Waals surface area contributed by atoms with Crippen molar-refractivity contribution < 1.29 is 19.8 Å². The Bertz CT molecular complexity index is 856. The summed E-state index contributed by atoms with van der Waals surface area (Å²) in [6, 6.07) is 10.7. The molecule has 0 aliphatic rings. The zero-order valence-corrected chi connectivity index (χ0v) is 15.3. The quantitative estimate of drug-likeness (QED) is 0.471. The van der Waals surface area contributed by atoms with E-state index in [0.717, 1.165) is 34.4 Å². The maximum Gasteiger partial charge on any atom is 0.229 e. The van der Waals surface area contributed by atoms with E-state index in [1.807, 2.05) is 52.0 Å². The minimum absolute atomic E-state index is 0.278. The Morgan fingerprint density at radius 2 is 1.04 bits per heavy atom. The Kier molecular flexibility index (Phi) is 5.78. The highest BCUT2D eigenvalue weighted by Crippen LogP contribution is 2.19. The van der Waals surface area contributed by atoms with E-state index in [1.54, 1.807) is 12.1 Å². The Hall–Kier alpha value is -3.14. The molecule has 0 bridgehead atoms. The molecule has 0 aromatic heterocycles. The average molecular weight is 350 g/mol. The normalized spacial score (nSPS) is 12.2. The summed E-state index contributed by atoms with van der Waals surface area (Å²) in [5.41, 5.74) is 4.63. The number of ketones is 2. The van der Waals surface area contributed by atoms with Crippen LogP contribution in [0, 0.1) is 27.7 Å². The minimum atomic E-state index is -0.904. The van der Waals surface area contributed by atoms with Crippen molar-refractivity contribution in [3.63, 3.8) is 0 Å². The van der Waals surface area contributed by atoms with E-state index in [0.29, 0.717) is 11.1 Å². The number of hydrogen-bond donors (Lipinski definition) is 2. The van der Waals surface area contributed by atoms with E-state index in [-0.39, 0.29) is 11.5 Å². The first-order chi connectivity index (χ1) is 12.2. The van der Waals surface area contributed by atoms with Crippen molar-refractivity contribution in [2.75, 3.05) is 0 Å². The zero-order valence-electron chi connectivity index (χ0n) is 15.3. The van der Waals surface area contributed by atoms with Gasteiger partial charge in [-0.3, -0.25) is 9.59 Å². The van der Waals surface area contributed by atoms with Gasteiger partial charge in [0.15, 0.2) is 0 Å². The molecule has 2 N–H and O–H groups in total. The Labute approximate surface area is 153 Å². The third kappa shape index (κ3) is 4.48. The van der Waals surface area contributed by atoms with Crippen molar-refractivity contribution in [1.29, 1.82) is 0 Å². The topological polar surface area (TPSA) is 74.6 Å². The number of aliphatic hydroxyl groups excluding tert-OH is 2. The van der Waals surface area contributed by atoms with Gasteiger partial charge in [-0.25, -0.2) is 0 Å². The Morgan fingerprint density at radius 1 is 0.692 bits per heavy atom. The molecule has 0 amide bonds. The number of allylic oxidation sites excluding steroid dienone is 2. The molecule has 0 spiro atoms.